The van der Waals surface area contributed by atoms with E-state index in [0.717, 1.165) is 31.8 Å². The third kappa shape index (κ3) is 4.44. The third-order valence-electron chi connectivity index (χ3n) is 5.32. The summed E-state index contributed by atoms with van der Waals surface area (Å²) in [7, 11) is 1.72. The molecule has 4 aromatic rings. The largest absolute Gasteiger partial charge is 0.497 e. The molecule has 0 aliphatic heterocycles. The predicted octanol–water partition coefficient (Wildman–Crippen LogP) is 4.00. The minimum atomic E-state index is 0.908. The van der Waals surface area contributed by atoms with Crippen molar-refractivity contribution >= 4 is 10.9 Å². The molecule has 0 fully saturated rings. The fourth-order valence-corrected chi connectivity index (χ4v) is 3.81. The number of rotatable bonds is 8. The van der Waals surface area contributed by atoms with Gasteiger partial charge >= 0.3 is 0 Å². The van der Waals surface area contributed by atoms with Gasteiger partial charge in [0.1, 0.15) is 18.8 Å². The van der Waals surface area contributed by atoms with E-state index in [-0.39, 0.29) is 0 Å². The average molecular weight is 372 g/mol. The molecular formula is C25H27N2O+. The van der Waals surface area contributed by atoms with Crippen molar-refractivity contribution in [2.75, 3.05) is 13.7 Å². The van der Waals surface area contributed by atoms with Gasteiger partial charge in [-0.2, -0.15) is 0 Å². The van der Waals surface area contributed by atoms with Gasteiger partial charge in [0, 0.05) is 34.6 Å². The Morgan fingerprint density at radius 1 is 0.821 bits per heavy atom. The van der Waals surface area contributed by atoms with E-state index >= 15 is 0 Å². The molecule has 0 saturated heterocycles. The van der Waals surface area contributed by atoms with Crippen molar-refractivity contribution in [3.05, 3.63) is 102 Å². The number of nitrogens with one attached hydrogen (secondary N) is 2. The molecule has 0 radical (unpaired) electrons. The minimum absolute atomic E-state index is 0.908. The number of aromatic amines is 1. The second-order valence-corrected chi connectivity index (χ2v) is 7.30. The highest BCUT2D eigenvalue weighted by atomic mass is 16.5. The van der Waals surface area contributed by atoms with Crippen LogP contribution in [0.4, 0.5) is 0 Å². The molecule has 0 aliphatic carbocycles. The average Bonchev–Trinajstić information content (AvgIpc) is 3.15. The molecular weight excluding hydrogens is 344 g/mol. The van der Waals surface area contributed by atoms with Crippen LogP contribution in [0.1, 0.15) is 16.7 Å². The molecule has 3 aromatic carbocycles. The summed E-state index contributed by atoms with van der Waals surface area (Å²) in [6, 6.07) is 27.8. The fourth-order valence-electron chi connectivity index (χ4n) is 3.81. The Hall–Kier alpha value is -3.04. The maximum atomic E-state index is 5.41. The van der Waals surface area contributed by atoms with Gasteiger partial charge in [0.25, 0.3) is 0 Å². The van der Waals surface area contributed by atoms with Crippen LogP contribution in [-0.2, 0) is 19.5 Å². The van der Waals surface area contributed by atoms with Crippen LogP contribution < -0.4 is 9.64 Å². The third-order valence-corrected chi connectivity index (χ3v) is 5.32. The van der Waals surface area contributed by atoms with Crippen LogP contribution in [0.3, 0.4) is 0 Å². The summed E-state index contributed by atoms with van der Waals surface area (Å²) in [6.45, 7) is 3.14. The lowest BCUT2D eigenvalue weighted by molar-refractivity contribution is -0.927. The fraction of sp³-hybridized carbons (Fsp3) is 0.200. The summed E-state index contributed by atoms with van der Waals surface area (Å²) in [4.78, 5) is 4.96. The Kier molecular flexibility index (Phi) is 5.74. The van der Waals surface area contributed by atoms with Crippen molar-refractivity contribution in [3.8, 4) is 5.75 Å². The highest BCUT2D eigenvalue weighted by Crippen LogP contribution is 2.23. The Balaban J connectivity index is 1.52. The molecule has 2 N–H and O–H groups in total. The van der Waals surface area contributed by atoms with Crippen LogP contribution >= 0.6 is 0 Å². The maximum absolute atomic E-state index is 5.41. The molecule has 142 valence electrons. The van der Waals surface area contributed by atoms with E-state index in [0.29, 0.717) is 0 Å². The van der Waals surface area contributed by atoms with Gasteiger partial charge in [0.2, 0.25) is 0 Å². The van der Waals surface area contributed by atoms with Gasteiger partial charge in [0.15, 0.2) is 0 Å². The number of aromatic nitrogens is 1. The van der Waals surface area contributed by atoms with E-state index in [1.165, 1.54) is 27.6 Å². The minimum Gasteiger partial charge on any atom is -0.497 e. The SMILES string of the molecule is COc1ccc2[nH]cc(CC[NH+](Cc3ccccc3)Cc3ccccc3)c2c1. The van der Waals surface area contributed by atoms with Crippen LogP contribution in [0.5, 0.6) is 5.75 Å². The van der Waals surface area contributed by atoms with Gasteiger partial charge in [0.05, 0.1) is 13.7 Å². The Bertz CT molecular complexity index is 967. The number of fused-ring (bicyclic) bond motifs is 1. The smallest absolute Gasteiger partial charge is 0.119 e. The normalized spacial score (nSPS) is 11.2. The van der Waals surface area contributed by atoms with Gasteiger partial charge in [-0.3, -0.25) is 0 Å². The van der Waals surface area contributed by atoms with Crippen molar-refractivity contribution in [2.24, 2.45) is 0 Å². The molecule has 0 unspecified atom stereocenters. The van der Waals surface area contributed by atoms with E-state index < -0.39 is 0 Å². The predicted molar refractivity (Wildman–Crippen MR) is 115 cm³/mol. The van der Waals surface area contributed by atoms with Crippen molar-refractivity contribution < 1.29 is 9.64 Å². The molecule has 3 nitrogen and oxygen atoms in total. The second-order valence-electron chi connectivity index (χ2n) is 7.30. The number of quaternary nitrogens is 1. The first-order valence-electron chi connectivity index (χ1n) is 9.87. The molecule has 0 saturated carbocycles. The molecule has 3 heteroatoms. The van der Waals surface area contributed by atoms with E-state index in [2.05, 4.69) is 84.0 Å². The van der Waals surface area contributed by atoms with E-state index in [9.17, 15) is 0 Å². The number of benzene rings is 3. The number of ether oxygens (including phenoxy) is 1. The second kappa shape index (κ2) is 8.77. The first-order chi connectivity index (χ1) is 13.8. The summed E-state index contributed by atoms with van der Waals surface area (Å²) < 4.78 is 5.41. The monoisotopic (exact) mass is 371 g/mol. The Labute approximate surface area is 166 Å². The molecule has 0 spiro atoms. The summed E-state index contributed by atoms with van der Waals surface area (Å²) >= 11 is 0. The number of hydrogen-bond donors (Lipinski definition) is 2. The summed E-state index contributed by atoms with van der Waals surface area (Å²) in [5, 5.41) is 1.26. The number of methoxy groups -OCH3 is 1. The zero-order valence-electron chi connectivity index (χ0n) is 16.3. The van der Waals surface area contributed by atoms with Gasteiger partial charge in [-0.15, -0.1) is 0 Å². The lowest BCUT2D eigenvalue weighted by atomic mass is 10.1. The van der Waals surface area contributed by atoms with Crippen LogP contribution in [-0.4, -0.2) is 18.6 Å². The summed E-state index contributed by atoms with van der Waals surface area (Å²) in [5.41, 5.74) is 5.29. The summed E-state index contributed by atoms with van der Waals surface area (Å²) in [6.07, 6.45) is 3.18. The molecule has 0 amide bonds. The van der Waals surface area contributed by atoms with E-state index in [1.54, 1.807) is 12.0 Å². The first kappa shape index (κ1) is 18.3. The van der Waals surface area contributed by atoms with Crippen molar-refractivity contribution in [2.45, 2.75) is 19.5 Å². The Morgan fingerprint density at radius 3 is 2.07 bits per heavy atom. The topological polar surface area (TPSA) is 29.5 Å². The van der Waals surface area contributed by atoms with Crippen molar-refractivity contribution in [3.63, 3.8) is 0 Å². The highest BCUT2D eigenvalue weighted by molar-refractivity contribution is 5.84. The first-order valence-corrected chi connectivity index (χ1v) is 9.87. The quantitative estimate of drug-likeness (QED) is 0.482. The standard InChI is InChI=1S/C25H26N2O/c1-28-23-12-13-25-24(16-23)22(17-26-25)14-15-27(18-20-8-4-2-5-9-20)19-21-10-6-3-7-11-21/h2-13,16-17,26H,14-15,18-19H2,1H3/p+1. The molecule has 1 aromatic heterocycles. The van der Waals surface area contributed by atoms with Gasteiger partial charge in [-0.1, -0.05) is 60.7 Å². The highest BCUT2D eigenvalue weighted by Gasteiger charge is 2.13. The number of H-pyrrole nitrogens is 1. The number of hydrogen-bond acceptors (Lipinski definition) is 1. The van der Waals surface area contributed by atoms with Crippen LogP contribution in [0.2, 0.25) is 0 Å². The van der Waals surface area contributed by atoms with Crippen LogP contribution in [0.15, 0.2) is 85.1 Å². The van der Waals surface area contributed by atoms with E-state index in [1.807, 2.05) is 6.07 Å². The zero-order chi connectivity index (χ0) is 19.2. The van der Waals surface area contributed by atoms with Crippen molar-refractivity contribution in [1.82, 2.24) is 4.98 Å². The zero-order valence-corrected chi connectivity index (χ0v) is 16.3. The molecule has 1 heterocycles. The Morgan fingerprint density at radius 2 is 1.46 bits per heavy atom. The van der Waals surface area contributed by atoms with Gasteiger partial charge < -0.3 is 14.6 Å². The summed E-state index contributed by atoms with van der Waals surface area (Å²) in [5.74, 6) is 0.908. The molecule has 0 aliphatic rings. The maximum Gasteiger partial charge on any atom is 0.119 e. The van der Waals surface area contributed by atoms with Gasteiger partial charge in [-0.05, 0) is 23.8 Å². The molecule has 0 atom stereocenters. The van der Waals surface area contributed by atoms with Crippen molar-refractivity contribution in [1.29, 1.82) is 0 Å². The van der Waals surface area contributed by atoms with Gasteiger partial charge in [-0.25, -0.2) is 0 Å². The molecule has 4 rings (SSSR count). The molecule has 0 bridgehead atoms. The lowest BCUT2D eigenvalue weighted by Gasteiger charge is -2.20. The lowest BCUT2D eigenvalue weighted by Crippen LogP contribution is -3.09. The molecule has 28 heavy (non-hydrogen) atoms. The van der Waals surface area contributed by atoms with Crippen LogP contribution in [0.25, 0.3) is 10.9 Å². The van der Waals surface area contributed by atoms with E-state index in [4.69, 9.17) is 4.74 Å². The van der Waals surface area contributed by atoms with Crippen LogP contribution in [0, 0.1) is 0 Å².